The minimum absolute atomic E-state index is 0.247. The zero-order chi connectivity index (χ0) is 36.2. The summed E-state index contributed by atoms with van der Waals surface area (Å²) in [7, 11) is 5.97. The fourth-order valence-electron chi connectivity index (χ4n) is 6.56. The van der Waals surface area contributed by atoms with Crippen molar-refractivity contribution >= 4 is 32.2 Å². The first-order valence-corrected chi connectivity index (χ1v) is 18.2. The van der Waals surface area contributed by atoms with Crippen molar-refractivity contribution in [2.45, 2.75) is 31.8 Å². The second kappa shape index (κ2) is 18.4. The van der Waals surface area contributed by atoms with Crippen LogP contribution >= 0.6 is 8.19 Å². The molecule has 0 unspecified atom stereocenters. The first kappa shape index (κ1) is 37.3. The van der Waals surface area contributed by atoms with E-state index in [9.17, 15) is 14.4 Å². The van der Waals surface area contributed by atoms with E-state index in [2.05, 4.69) is 46.3 Å². The molecular formula is C40H47N4O6P. The third-order valence-electron chi connectivity index (χ3n) is 9.49. The van der Waals surface area contributed by atoms with Crippen molar-refractivity contribution in [2.75, 3.05) is 65.5 Å². The van der Waals surface area contributed by atoms with Crippen LogP contribution in [-0.2, 0) is 11.2 Å². The Morgan fingerprint density at radius 1 is 0.902 bits per heavy atom. The Morgan fingerprint density at radius 2 is 1.65 bits per heavy atom. The summed E-state index contributed by atoms with van der Waals surface area (Å²) in [5.41, 5.74) is 3.48. The molecule has 2 heterocycles. The minimum Gasteiger partial charge on any atom is -0.493 e. The molecule has 1 N–H and O–H groups in total. The summed E-state index contributed by atoms with van der Waals surface area (Å²) >= 11 is 0. The Kier molecular flexibility index (Phi) is 13.4. The number of anilines is 1. The van der Waals surface area contributed by atoms with E-state index in [1.807, 2.05) is 54.3 Å². The molecule has 268 valence electrons. The van der Waals surface area contributed by atoms with Gasteiger partial charge in [-0.25, -0.2) is 4.79 Å². The van der Waals surface area contributed by atoms with E-state index in [0.717, 1.165) is 38.8 Å². The topological polar surface area (TPSA) is 101 Å². The summed E-state index contributed by atoms with van der Waals surface area (Å²) < 4.78 is 16.5. The third kappa shape index (κ3) is 9.45. The average Bonchev–Trinajstić information content (AvgIpc) is 3.19. The zero-order valence-corrected chi connectivity index (χ0v) is 30.7. The summed E-state index contributed by atoms with van der Waals surface area (Å²) in [5.74, 6) is 2.84. The van der Waals surface area contributed by atoms with Crippen LogP contribution in [0.2, 0.25) is 0 Å². The fourth-order valence-corrected chi connectivity index (χ4v) is 7.33. The number of nitrogens with one attached hydrogen (secondary N) is 1. The highest BCUT2D eigenvalue weighted by Gasteiger charge is 2.30. The Labute approximate surface area is 302 Å². The van der Waals surface area contributed by atoms with Gasteiger partial charge in [0.1, 0.15) is 0 Å². The molecule has 5 rings (SSSR count). The maximum absolute atomic E-state index is 14.6. The van der Waals surface area contributed by atoms with Crippen molar-refractivity contribution < 1.29 is 28.6 Å². The molecule has 0 aliphatic carbocycles. The van der Waals surface area contributed by atoms with Crippen LogP contribution in [0.3, 0.4) is 0 Å². The lowest BCUT2D eigenvalue weighted by atomic mass is 9.98. The molecule has 4 aromatic rings. The second-order valence-electron chi connectivity index (χ2n) is 12.4. The van der Waals surface area contributed by atoms with E-state index in [1.165, 1.54) is 10.9 Å². The van der Waals surface area contributed by atoms with Gasteiger partial charge in [0.15, 0.2) is 17.8 Å². The number of amides is 2. The number of rotatable bonds is 15. The zero-order valence-electron chi connectivity index (χ0n) is 29.8. The Morgan fingerprint density at radius 3 is 2.33 bits per heavy atom. The lowest BCUT2D eigenvalue weighted by molar-refractivity contribution is 0.0719. The first-order valence-electron chi connectivity index (χ1n) is 17.3. The SMILES string of the molecule is COc1ccc([C@@H](CCNC(=O)OCCc2ccccp2)N(C)C(=O)c2c(C=O)cccc2N2CCN([C@H](C)c3ccccc3)CC2)cc1OC. The van der Waals surface area contributed by atoms with Crippen LogP contribution in [0.1, 0.15) is 62.6 Å². The van der Waals surface area contributed by atoms with Crippen LogP contribution in [-0.4, -0.2) is 88.7 Å². The highest BCUT2D eigenvalue weighted by atomic mass is 31.0. The van der Waals surface area contributed by atoms with E-state index < -0.39 is 12.1 Å². The molecule has 11 heteroatoms. The summed E-state index contributed by atoms with van der Waals surface area (Å²) in [4.78, 5) is 45.9. The van der Waals surface area contributed by atoms with Gasteiger partial charge in [-0.05, 0) is 53.8 Å². The molecule has 3 aromatic carbocycles. The molecular weight excluding hydrogens is 663 g/mol. The van der Waals surface area contributed by atoms with E-state index in [4.69, 9.17) is 14.2 Å². The molecule has 0 bridgehead atoms. The van der Waals surface area contributed by atoms with E-state index >= 15 is 0 Å². The molecule has 1 aliphatic rings. The first-order chi connectivity index (χ1) is 24.8. The standard InChI is InChI=1S/C40H47N4O6P/c1-29(30-11-6-5-7-12-30)43-21-23-44(24-22-43)35-15-10-13-32(28-45)38(35)39(46)42(2)34(31-16-17-36(48-3)37(27-31)49-4)18-20-41-40(47)50-25-19-33-14-8-9-26-51-33/h5-17,26-29,34H,18-25H2,1-4H3,(H,41,47)/t29-,34-/m1/s1. The van der Waals surface area contributed by atoms with Gasteiger partial charge in [-0.3, -0.25) is 14.5 Å². The lowest BCUT2D eigenvalue weighted by Gasteiger charge is -2.40. The summed E-state index contributed by atoms with van der Waals surface area (Å²) in [6.07, 6.45) is 1.27. The summed E-state index contributed by atoms with van der Waals surface area (Å²) in [5, 5.41) is 4.03. The third-order valence-corrected chi connectivity index (χ3v) is 10.5. The summed E-state index contributed by atoms with van der Waals surface area (Å²) in [6.45, 7) is 5.78. The molecule has 1 aliphatic heterocycles. The van der Waals surface area contributed by atoms with Gasteiger partial charge >= 0.3 is 6.09 Å². The van der Waals surface area contributed by atoms with Gasteiger partial charge in [0.2, 0.25) is 0 Å². The molecule has 0 radical (unpaired) electrons. The number of ether oxygens (including phenoxy) is 3. The molecule has 0 saturated carbocycles. The van der Waals surface area contributed by atoms with Crippen LogP contribution in [0, 0.1) is 0 Å². The molecule has 2 atom stereocenters. The van der Waals surface area contributed by atoms with Gasteiger partial charge in [-0.15, -0.1) is 0 Å². The van der Waals surface area contributed by atoms with Crippen molar-refractivity contribution in [3.63, 3.8) is 0 Å². The smallest absolute Gasteiger partial charge is 0.407 e. The number of alkyl carbamates (subject to hydrolysis) is 1. The van der Waals surface area contributed by atoms with Crippen molar-refractivity contribution in [1.29, 1.82) is 0 Å². The summed E-state index contributed by atoms with van der Waals surface area (Å²) in [6, 6.07) is 27.2. The molecule has 51 heavy (non-hydrogen) atoms. The van der Waals surface area contributed by atoms with Gasteiger partial charge in [0.05, 0.1) is 38.1 Å². The highest BCUT2D eigenvalue weighted by molar-refractivity contribution is 7.30. The Balaban J connectivity index is 1.33. The monoisotopic (exact) mass is 710 g/mol. The van der Waals surface area contributed by atoms with Crippen LogP contribution in [0.4, 0.5) is 10.5 Å². The number of benzene rings is 3. The number of carbonyl (C=O) groups is 3. The number of methoxy groups -OCH3 is 2. The second-order valence-corrected chi connectivity index (χ2v) is 13.6. The Bertz CT molecular complexity index is 1750. The molecule has 2 amide bonds. The normalized spacial score (nSPS) is 14.4. The maximum atomic E-state index is 14.6. The maximum Gasteiger partial charge on any atom is 0.407 e. The minimum atomic E-state index is -0.517. The van der Waals surface area contributed by atoms with Crippen LogP contribution in [0.25, 0.3) is 0 Å². The predicted molar refractivity (Wildman–Crippen MR) is 201 cm³/mol. The number of nitrogens with zero attached hydrogens (tertiary/aromatic N) is 3. The van der Waals surface area contributed by atoms with Crippen LogP contribution < -0.4 is 19.7 Å². The quantitative estimate of drug-likeness (QED) is 0.130. The van der Waals surface area contributed by atoms with Crippen LogP contribution in [0.15, 0.2) is 90.7 Å². The molecule has 10 nitrogen and oxygen atoms in total. The van der Waals surface area contributed by atoms with Crippen molar-refractivity contribution in [3.8, 4) is 11.5 Å². The van der Waals surface area contributed by atoms with E-state index in [0.29, 0.717) is 48.6 Å². The Hall–Kier alpha value is -4.92. The largest absolute Gasteiger partial charge is 0.493 e. The number of aldehydes is 1. The van der Waals surface area contributed by atoms with Crippen LogP contribution in [0.5, 0.6) is 11.5 Å². The van der Waals surface area contributed by atoms with Gasteiger partial charge in [-0.1, -0.05) is 74.9 Å². The molecule has 1 aromatic heterocycles. The van der Waals surface area contributed by atoms with Crippen molar-refractivity contribution in [3.05, 3.63) is 118 Å². The average molecular weight is 711 g/mol. The molecule has 0 spiro atoms. The van der Waals surface area contributed by atoms with E-state index in [-0.39, 0.29) is 25.1 Å². The van der Waals surface area contributed by atoms with Crippen molar-refractivity contribution in [1.82, 2.24) is 15.1 Å². The highest BCUT2D eigenvalue weighted by Crippen LogP contribution is 2.35. The number of hydrogen-bond acceptors (Lipinski definition) is 8. The lowest BCUT2D eigenvalue weighted by Crippen LogP contribution is -2.48. The fraction of sp³-hybridized carbons (Fsp3) is 0.350. The molecule has 1 fully saturated rings. The van der Waals surface area contributed by atoms with Gasteiger partial charge in [0.25, 0.3) is 5.91 Å². The van der Waals surface area contributed by atoms with Crippen molar-refractivity contribution in [2.24, 2.45) is 0 Å². The van der Waals surface area contributed by atoms with Gasteiger partial charge in [0, 0.05) is 57.8 Å². The predicted octanol–water partition coefficient (Wildman–Crippen LogP) is 7.15. The van der Waals surface area contributed by atoms with E-state index in [1.54, 1.807) is 38.3 Å². The number of hydrogen-bond donors (Lipinski definition) is 1. The number of carbonyl (C=O) groups excluding carboxylic acids is 3. The molecule has 1 saturated heterocycles. The van der Waals surface area contributed by atoms with Gasteiger partial charge in [-0.2, -0.15) is 0 Å². The number of piperazine rings is 1. The van der Waals surface area contributed by atoms with Gasteiger partial charge < -0.3 is 29.3 Å².